The van der Waals surface area contributed by atoms with Crippen molar-refractivity contribution in [3.8, 4) is 34.3 Å². The molecule has 2 atom stereocenters. The Labute approximate surface area is 353 Å². The molecule has 2 aliphatic rings. The van der Waals surface area contributed by atoms with Crippen LogP contribution < -0.4 is 9.47 Å². The molecule has 27 heteroatoms. The summed E-state index contributed by atoms with van der Waals surface area (Å²) in [6.45, 7) is 1.41. The standard InChI is InChI=1S/C17H13F6N5O2.C14H8ClF6N5O.C3H6O.2CH4/c1-8(16(19,20)21)29-14-11(18)4-9(5-25-14)12-7-28-13(6-24-12)26-27-15(28)17(22,23)30-10-2-3-10;1-6(14(19,20)21)27-11-8(16)2-7(3-23-11)9-5-26-10(4-22-9)24-25-12(26)13(15,17)18;4-3-1-2-3;;/h4-8,10H,2-3H2,1H3;2-6H,1H3;3-4H,1-2H2;2*1H4/t8-;6-;;;/m00.../s1. The van der Waals surface area contributed by atoms with Crippen molar-refractivity contribution in [3.63, 3.8) is 0 Å². The number of rotatable bonds is 10. The Hall–Kier alpha value is -5.63. The average Bonchev–Trinajstić information content (AvgIpc) is 4.06. The lowest BCUT2D eigenvalue weighted by molar-refractivity contribution is -0.261. The van der Waals surface area contributed by atoms with Crippen LogP contribution in [0.3, 0.4) is 0 Å². The zero-order valence-electron chi connectivity index (χ0n) is 30.8. The van der Waals surface area contributed by atoms with Gasteiger partial charge in [-0.15, -0.1) is 20.4 Å². The van der Waals surface area contributed by atoms with Crippen molar-refractivity contribution in [1.29, 1.82) is 0 Å². The van der Waals surface area contributed by atoms with Crippen LogP contribution in [-0.4, -0.2) is 91.0 Å². The van der Waals surface area contributed by atoms with Gasteiger partial charge in [0.15, 0.2) is 35.1 Å². The van der Waals surface area contributed by atoms with Gasteiger partial charge in [-0.25, -0.2) is 18.7 Å². The molecule has 0 aromatic carbocycles. The fraction of sp³-hybridized carbons (Fsp3) is 0.444. The normalized spacial score (nSPS) is 15.2. The highest BCUT2D eigenvalue weighted by Crippen LogP contribution is 2.37. The molecule has 344 valence electrons. The molecule has 0 saturated heterocycles. The van der Waals surface area contributed by atoms with Crippen molar-refractivity contribution in [2.24, 2.45) is 0 Å². The molecule has 0 unspecified atom stereocenters. The topological polar surface area (TPSA) is 160 Å². The number of hydrogen-bond donors (Lipinski definition) is 1. The van der Waals surface area contributed by atoms with E-state index in [1.54, 1.807) is 0 Å². The van der Waals surface area contributed by atoms with Gasteiger partial charge in [-0.1, -0.05) is 14.9 Å². The van der Waals surface area contributed by atoms with E-state index in [4.69, 9.17) is 16.7 Å². The molecule has 1 N–H and O–H groups in total. The summed E-state index contributed by atoms with van der Waals surface area (Å²) < 4.78 is 174. The Morgan fingerprint density at radius 2 is 1.03 bits per heavy atom. The first kappa shape index (κ1) is 50.0. The van der Waals surface area contributed by atoms with E-state index in [9.17, 15) is 52.7 Å². The quantitative estimate of drug-likeness (QED) is 0.103. The second kappa shape index (κ2) is 19.0. The maximum Gasteiger partial charge on any atom is 0.425 e. The number of pyridine rings is 2. The molecule has 0 radical (unpaired) electrons. The fourth-order valence-corrected chi connectivity index (χ4v) is 4.72. The maximum atomic E-state index is 14.3. The predicted molar refractivity (Wildman–Crippen MR) is 197 cm³/mol. The SMILES string of the molecule is C.C.C[C@H](Oc1ncc(-c2cn3c(C(F)(F)Cl)nnc3cn2)cc1F)C(F)(F)F.C[C@H](Oc1ncc(-c2cn3c(C(F)(F)OC4CC4)nnc3cn2)cc1F)C(F)(F)F.OC1CC1. The monoisotopic (exact) mass is 934 g/mol. The predicted octanol–water partition coefficient (Wildman–Crippen LogP) is 9.24. The summed E-state index contributed by atoms with van der Waals surface area (Å²) >= 11 is 4.95. The Morgan fingerprint density at radius 1 is 0.635 bits per heavy atom. The summed E-state index contributed by atoms with van der Waals surface area (Å²) in [6.07, 6.45) is -8.58. The van der Waals surface area contributed by atoms with Crippen molar-refractivity contribution < 1.29 is 72.0 Å². The minimum absolute atomic E-state index is 0. The number of alkyl halides is 11. The molecule has 0 aliphatic heterocycles. The Morgan fingerprint density at radius 3 is 1.38 bits per heavy atom. The summed E-state index contributed by atoms with van der Waals surface area (Å²) in [5.74, 6) is -5.72. The van der Waals surface area contributed by atoms with Crippen LogP contribution in [0.5, 0.6) is 11.8 Å². The molecule has 0 bridgehead atoms. The van der Waals surface area contributed by atoms with Crippen molar-refractivity contribution in [2.75, 3.05) is 0 Å². The lowest BCUT2D eigenvalue weighted by Gasteiger charge is -2.17. The van der Waals surface area contributed by atoms with Gasteiger partial charge in [-0.05, 0) is 63.3 Å². The highest BCUT2D eigenvalue weighted by atomic mass is 35.5. The van der Waals surface area contributed by atoms with E-state index in [1.165, 1.54) is 0 Å². The van der Waals surface area contributed by atoms with Gasteiger partial charge in [-0.2, -0.15) is 43.9 Å². The molecule has 6 heterocycles. The van der Waals surface area contributed by atoms with Crippen molar-refractivity contribution in [1.82, 2.24) is 49.1 Å². The van der Waals surface area contributed by atoms with E-state index < -0.39 is 77.2 Å². The first-order chi connectivity index (χ1) is 28.4. The third kappa shape index (κ3) is 12.5. The van der Waals surface area contributed by atoms with Crippen molar-refractivity contribution in [2.45, 2.75) is 103 Å². The second-order valence-electron chi connectivity index (χ2n) is 13.2. The van der Waals surface area contributed by atoms with Gasteiger partial charge in [0, 0.05) is 35.9 Å². The van der Waals surface area contributed by atoms with Gasteiger partial charge < -0.3 is 19.3 Å². The van der Waals surface area contributed by atoms with Crippen LogP contribution in [0.2, 0.25) is 0 Å². The zero-order chi connectivity index (χ0) is 44.7. The van der Waals surface area contributed by atoms with Gasteiger partial charge >= 0.3 is 23.8 Å². The summed E-state index contributed by atoms with van der Waals surface area (Å²) in [5, 5.41) is 18.2. The number of ether oxygens (including phenoxy) is 3. The number of hydrogen-bond acceptors (Lipinski definition) is 12. The minimum atomic E-state index is -4.70. The number of aliphatic hydroxyl groups excluding tert-OH is 1. The first-order valence-corrected chi connectivity index (χ1v) is 17.8. The lowest BCUT2D eigenvalue weighted by atomic mass is 10.2. The third-order valence-electron chi connectivity index (χ3n) is 8.19. The maximum absolute atomic E-state index is 14.3. The summed E-state index contributed by atoms with van der Waals surface area (Å²) in [7, 11) is 0. The highest BCUT2D eigenvalue weighted by molar-refractivity contribution is 6.21. The van der Waals surface area contributed by atoms with Gasteiger partial charge in [0.1, 0.15) is 0 Å². The number of aliphatic hydroxyl groups is 1. The molecule has 0 amide bonds. The molecule has 2 fully saturated rings. The summed E-state index contributed by atoms with van der Waals surface area (Å²) in [4.78, 5) is 14.9. The third-order valence-corrected chi connectivity index (χ3v) is 8.36. The largest absolute Gasteiger partial charge is 0.463 e. The summed E-state index contributed by atoms with van der Waals surface area (Å²) in [6, 6.07) is 1.64. The van der Waals surface area contributed by atoms with Crippen molar-refractivity contribution in [3.05, 3.63) is 72.6 Å². The Balaban J connectivity index is 0.000000247. The molecule has 2 saturated carbocycles. The highest BCUT2D eigenvalue weighted by Gasteiger charge is 2.44. The molecule has 8 rings (SSSR count). The Bertz CT molecular complexity index is 2490. The molecule has 6 aromatic heterocycles. The molecule has 14 nitrogen and oxygen atoms in total. The van der Waals surface area contributed by atoms with Gasteiger partial charge in [0.2, 0.25) is 11.6 Å². The van der Waals surface area contributed by atoms with Crippen LogP contribution in [0, 0.1) is 11.6 Å². The van der Waals surface area contributed by atoms with E-state index >= 15 is 0 Å². The van der Waals surface area contributed by atoms with Crippen LogP contribution in [0.25, 0.3) is 33.8 Å². The molecular formula is C36H35ClF12N10O4. The van der Waals surface area contributed by atoms with Gasteiger partial charge in [0.05, 0.1) is 36.0 Å². The van der Waals surface area contributed by atoms with Crippen LogP contribution in [0.1, 0.15) is 66.0 Å². The first-order valence-electron chi connectivity index (χ1n) is 17.4. The number of halogens is 13. The molecule has 0 spiro atoms. The van der Waals surface area contributed by atoms with Crippen LogP contribution in [0.4, 0.5) is 52.7 Å². The fourth-order valence-electron chi connectivity index (χ4n) is 4.59. The zero-order valence-corrected chi connectivity index (χ0v) is 31.6. The smallest absolute Gasteiger partial charge is 0.425 e. The van der Waals surface area contributed by atoms with E-state index in [1.807, 2.05) is 0 Å². The minimum Gasteiger partial charge on any atom is -0.463 e. The van der Waals surface area contributed by atoms with Crippen LogP contribution >= 0.6 is 11.6 Å². The number of fused-ring (bicyclic) bond motifs is 2. The average molecular weight is 935 g/mol. The van der Waals surface area contributed by atoms with Gasteiger partial charge in [-0.3, -0.25) is 18.8 Å². The molecule has 6 aromatic rings. The molecular weight excluding hydrogens is 900 g/mol. The molecule has 63 heavy (non-hydrogen) atoms. The van der Waals surface area contributed by atoms with E-state index in [0.29, 0.717) is 26.7 Å². The van der Waals surface area contributed by atoms with E-state index in [2.05, 4.69) is 54.5 Å². The van der Waals surface area contributed by atoms with Gasteiger partial charge in [0.25, 0.3) is 11.8 Å². The molecule has 2 aliphatic carbocycles. The van der Waals surface area contributed by atoms with E-state index in [0.717, 1.165) is 71.0 Å². The Kier molecular flexibility index (Phi) is 15.1. The number of aromatic nitrogens is 10. The number of nitrogens with zero attached hydrogens (tertiary/aromatic N) is 10. The van der Waals surface area contributed by atoms with Crippen molar-refractivity contribution >= 4 is 22.9 Å². The van der Waals surface area contributed by atoms with E-state index in [-0.39, 0.29) is 54.8 Å². The summed E-state index contributed by atoms with van der Waals surface area (Å²) in [5.41, 5.74) is -0.0352. The lowest BCUT2D eigenvalue weighted by Crippen LogP contribution is -2.31. The van der Waals surface area contributed by atoms with Crippen LogP contribution in [0.15, 0.2) is 49.3 Å². The second-order valence-corrected chi connectivity index (χ2v) is 13.7. The van der Waals surface area contributed by atoms with Crippen LogP contribution in [-0.2, 0) is 16.2 Å².